The molecule has 1 fully saturated rings. The van der Waals surface area contributed by atoms with E-state index in [1.165, 1.54) is 18.6 Å². The molecule has 158 valence electrons. The highest BCUT2D eigenvalue weighted by atomic mass is 127. The summed E-state index contributed by atoms with van der Waals surface area (Å²) in [4.78, 5) is 16.8. The van der Waals surface area contributed by atoms with Crippen molar-refractivity contribution >= 4 is 53.3 Å². The van der Waals surface area contributed by atoms with Gasteiger partial charge < -0.3 is 16.0 Å². The van der Waals surface area contributed by atoms with Gasteiger partial charge in [0.2, 0.25) is 5.91 Å². The molecule has 28 heavy (non-hydrogen) atoms. The molecule has 3 N–H and O–H groups in total. The van der Waals surface area contributed by atoms with Gasteiger partial charge in [0.05, 0.1) is 6.54 Å². The summed E-state index contributed by atoms with van der Waals surface area (Å²) in [5.41, 5.74) is 1.91. The molecule has 1 saturated heterocycles. The second-order valence-corrected chi connectivity index (χ2v) is 9.13. The molecule has 1 aliphatic rings. The first-order valence-electron chi connectivity index (χ1n) is 10.0. The van der Waals surface area contributed by atoms with Crippen LogP contribution in [-0.4, -0.2) is 35.5 Å². The fraction of sp³-hybridized carbons (Fsp3) is 0.619. The van der Waals surface area contributed by atoms with E-state index in [1.54, 1.807) is 0 Å². The number of nitrogens with one attached hydrogen (secondary N) is 3. The molecule has 0 saturated carbocycles. The smallest absolute Gasteiger partial charge is 0.227 e. The van der Waals surface area contributed by atoms with Crippen LogP contribution < -0.4 is 16.0 Å². The van der Waals surface area contributed by atoms with Crippen molar-refractivity contribution in [3.8, 4) is 0 Å². The van der Waals surface area contributed by atoms with Crippen LogP contribution in [0, 0.1) is 5.92 Å². The Balaban J connectivity index is 0.00000392. The van der Waals surface area contributed by atoms with Gasteiger partial charge in [-0.1, -0.05) is 26.0 Å². The molecule has 0 aromatic heterocycles. The van der Waals surface area contributed by atoms with Crippen molar-refractivity contribution in [1.29, 1.82) is 0 Å². The fourth-order valence-corrected chi connectivity index (χ4v) is 4.20. The summed E-state index contributed by atoms with van der Waals surface area (Å²) in [6, 6.07) is 7.93. The van der Waals surface area contributed by atoms with Gasteiger partial charge in [-0.25, -0.2) is 4.99 Å². The Labute approximate surface area is 191 Å². The maximum Gasteiger partial charge on any atom is 0.227 e. The van der Waals surface area contributed by atoms with Crippen LogP contribution in [0.5, 0.6) is 0 Å². The summed E-state index contributed by atoms with van der Waals surface area (Å²) in [6.45, 7) is 10.7. The Kier molecular flexibility index (Phi) is 11.3. The first kappa shape index (κ1) is 25.1. The van der Waals surface area contributed by atoms with Crippen molar-refractivity contribution in [3.63, 3.8) is 0 Å². The lowest BCUT2D eigenvalue weighted by molar-refractivity contribution is -0.119. The number of halogens is 1. The SMILES string of the molecule is CCNC(=NCc1cccc(NC(=O)C(C)CC)c1)NCC1(C)CCCS1.I. The molecule has 5 nitrogen and oxygen atoms in total. The molecule has 7 heteroatoms. The van der Waals surface area contributed by atoms with Gasteiger partial charge in [-0.3, -0.25) is 4.79 Å². The quantitative estimate of drug-likeness (QED) is 0.267. The molecule has 0 aliphatic carbocycles. The highest BCUT2D eigenvalue weighted by Gasteiger charge is 2.29. The first-order chi connectivity index (χ1) is 13.0. The number of nitrogens with zero attached hydrogens (tertiary/aromatic N) is 1. The molecule has 1 amide bonds. The average Bonchev–Trinajstić information content (AvgIpc) is 3.10. The van der Waals surface area contributed by atoms with Gasteiger partial charge >= 0.3 is 0 Å². The summed E-state index contributed by atoms with van der Waals surface area (Å²) in [6.07, 6.45) is 3.39. The van der Waals surface area contributed by atoms with Crippen molar-refractivity contribution < 1.29 is 4.79 Å². The number of rotatable bonds is 8. The van der Waals surface area contributed by atoms with Crippen molar-refractivity contribution in [2.24, 2.45) is 10.9 Å². The van der Waals surface area contributed by atoms with Crippen LogP contribution in [0.2, 0.25) is 0 Å². The monoisotopic (exact) mass is 518 g/mol. The minimum Gasteiger partial charge on any atom is -0.357 e. The summed E-state index contributed by atoms with van der Waals surface area (Å²) in [5, 5.41) is 9.81. The van der Waals surface area contributed by atoms with Gasteiger partial charge in [-0.15, -0.1) is 24.0 Å². The summed E-state index contributed by atoms with van der Waals surface area (Å²) < 4.78 is 0.302. The Morgan fingerprint density at radius 1 is 1.32 bits per heavy atom. The lowest BCUT2D eigenvalue weighted by atomic mass is 10.1. The molecule has 0 spiro atoms. The minimum atomic E-state index is 0. The van der Waals surface area contributed by atoms with E-state index in [1.807, 2.05) is 49.9 Å². The number of carbonyl (C=O) groups is 1. The number of guanidine groups is 1. The van der Waals surface area contributed by atoms with Gasteiger partial charge in [0, 0.05) is 29.4 Å². The number of thioether (sulfide) groups is 1. The lowest BCUT2D eigenvalue weighted by Crippen LogP contribution is -2.43. The number of carbonyl (C=O) groups excluding carboxylic acids is 1. The van der Waals surface area contributed by atoms with Crippen molar-refractivity contribution in [2.45, 2.75) is 58.2 Å². The largest absolute Gasteiger partial charge is 0.357 e. The van der Waals surface area contributed by atoms with Gasteiger partial charge in [0.15, 0.2) is 5.96 Å². The number of amides is 1. The predicted octanol–water partition coefficient (Wildman–Crippen LogP) is 4.63. The van der Waals surface area contributed by atoms with E-state index in [4.69, 9.17) is 4.99 Å². The third-order valence-electron chi connectivity index (χ3n) is 4.95. The molecule has 1 aliphatic heterocycles. The van der Waals surface area contributed by atoms with Crippen LogP contribution in [0.4, 0.5) is 5.69 Å². The molecule has 2 atom stereocenters. The third kappa shape index (κ3) is 8.19. The second kappa shape index (κ2) is 12.6. The van der Waals surface area contributed by atoms with Gasteiger partial charge in [0.25, 0.3) is 0 Å². The van der Waals surface area contributed by atoms with Gasteiger partial charge in [-0.05, 0) is 56.6 Å². The maximum atomic E-state index is 12.1. The molecular weight excluding hydrogens is 483 g/mol. The Morgan fingerprint density at radius 2 is 2.11 bits per heavy atom. The van der Waals surface area contributed by atoms with Crippen LogP contribution in [0.25, 0.3) is 0 Å². The Morgan fingerprint density at radius 3 is 2.75 bits per heavy atom. The highest BCUT2D eigenvalue weighted by Crippen LogP contribution is 2.36. The summed E-state index contributed by atoms with van der Waals surface area (Å²) in [5.74, 6) is 2.18. The van der Waals surface area contributed by atoms with Crippen LogP contribution in [-0.2, 0) is 11.3 Å². The zero-order chi connectivity index (χ0) is 19.7. The number of aliphatic imine (C=N–C) groups is 1. The van der Waals surface area contributed by atoms with E-state index in [2.05, 4.69) is 29.8 Å². The van der Waals surface area contributed by atoms with Gasteiger partial charge in [-0.2, -0.15) is 11.8 Å². The number of anilines is 1. The lowest BCUT2D eigenvalue weighted by Gasteiger charge is -2.24. The summed E-state index contributed by atoms with van der Waals surface area (Å²) in [7, 11) is 0. The summed E-state index contributed by atoms with van der Waals surface area (Å²) >= 11 is 2.05. The fourth-order valence-electron chi connectivity index (χ4n) is 2.96. The average molecular weight is 519 g/mol. The zero-order valence-electron chi connectivity index (χ0n) is 17.5. The van der Waals surface area contributed by atoms with Gasteiger partial charge in [0.1, 0.15) is 0 Å². The highest BCUT2D eigenvalue weighted by molar-refractivity contribution is 14.0. The molecule has 0 bridgehead atoms. The molecule has 2 rings (SSSR count). The minimum absolute atomic E-state index is 0. The van der Waals surface area contributed by atoms with Crippen LogP contribution in [0.15, 0.2) is 29.3 Å². The zero-order valence-corrected chi connectivity index (χ0v) is 20.7. The van der Waals surface area contributed by atoms with E-state index in [0.717, 1.165) is 36.7 Å². The van der Waals surface area contributed by atoms with E-state index in [-0.39, 0.29) is 35.8 Å². The van der Waals surface area contributed by atoms with E-state index >= 15 is 0 Å². The topological polar surface area (TPSA) is 65.5 Å². The Bertz CT molecular complexity index is 647. The molecule has 2 unspecified atom stereocenters. The van der Waals surface area contributed by atoms with Crippen LogP contribution >= 0.6 is 35.7 Å². The predicted molar refractivity (Wildman–Crippen MR) is 133 cm³/mol. The number of benzene rings is 1. The third-order valence-corrected chi connectivity index (χ3v) is 6.49. The maximum absolute atomic E-state index is 12.1. The normalized spacial score (nSPS) is 20.2. The first-order valence-corrected chi connectivity index (χ1v) is 11.0. The standard InChI is InChI=1S/C21H34N4OS.HI/c1-5-16(3)19(26)25-18-10-7-9-17(13-18)14-23-20(22-6-2)24-15-21(4)11-8-12-27-21;/h7,9-10,13,16H,5-6,8,11-12,14-15H2,1-4H3,(H,25,26)(H2,22,23,24);1H. The van der Waals surface area contributed by atoms with Crippen LogP contribution in [0.3, 0.4) is 0 Å². The van der Waals surface area contributed by atoms with Crippen molar-refractivity contribution in [1.82, 2.24) is 10.6 Å². The van der Waals surface area contributed by atoms with Crippen molar-refractivity contribution in [2.75, 3.05) is 24.2 Å². The molecule has 1 aromatic rings. The number of hydrogen-bond donors (Lipinski definition) is 3. The molecule has 0 radical (unpaired) electrons. The molecule has 1 aromatic carbocycles. The number of hydrogen-bond acceptors (Lipinski definition) is 3. The van der Waals surface area contributed by atoms with E-state index in [0.29, 0.717) is 11.3 Å². The Hall–Kier alpha value is -0.960. The second-order valence-electron chi connectivity index (χ2n) is 7.45. The van der Waals surface area contributed by atoms with E-state index in [9.17, 15) is 4.79 Å². The molecular formula is C21H35IN4OS. The van der Waals surface area contributed by atoms with Crippen molar-refractivity contribution in [3.05, 3.63) is 29.8 Å². The van der Waals surface area contributed by atoms with E-state index < -0.39 is 0 Å². The molecule has 1 heterocycles. The van der Waals surface area contributed by atoms with Crippen LogP contribution in [0.1, 0.15) is 52.5 Å².